The number of aromatic amines is 1. The zero-order chi connectivity index (χ0) is 14.4. The topological polar surface area (TPSA) is 60.0 Å². The Morgan fingerprint density at radius 1 is 0.950 bits per heavy atom. The molecule has 1 N–H and O–H groups in total. The molecule has 104 valence electrons. The van der Waals surface area contributed by atoms with E-state index < -0.39 is 7.12 Å². The van der Waals surface area contributed by atoms with Crippen LogP contribution in [-0.2, 0) is 9.31 Å². The molecule has 1 aliphatic heterocycles. The Morgan fingerprint density at radius 2 is 1.55 bits per heavy atom. The lowest BCUT2D eigenvalue weighted by atomic mass is 9.82. The number of rotatable bonds is 2. The Morgan fingerprint density at radius 3 is 2.15 bits per heavy atom. The third kappa shape index (κ3) is 2.05. The van der Waals surface area contributed by atoms with Crippen molar-refractivity contribution in [2.45, 2.75) is 38.9 Å². The van der Waals surface area contributed by atoms with Crippen LogP contribution in [0.15, 0.2) is 30.3 Å². The van der Waals surface area contributed by atoms with Gasteiger partial charge in [-0.1, -0.05) is 30.3 Å². The van der Waals surface area contributed by atoms with E-state index in [1.807, 2.05) is 58.0 Å². The number of nitrogens with one attached hydrogen (secondary N) is 1. The van der Waals surface area contributed by atoms with E-state index in [0.717, 1.165) is 11.3 Å². The highest BCUT2D eigenvalue weighted by molar-refractivity contribution is 6.62. The average molecular weight is 271 g/mol. The highest BCUT2D eigenvalue weighted by Crippen LogP contribution is 2.36. The molecule has 0 radical (unpaired) electrons. The molecule has 0 unspecified atom stereocenters. The number of hydrogen-bond donors (Lipinski definition) is 1. The molecule has 2 aromatic rings. The molecule has 0 saturated carbocycles. The molecule has 2 heterocycles. The van der Waals surface area contributed by atoms with Gasteiger partial charge in [-0.25, -0.2) is 0 Å². The van der Waals surface area contributed by atoms with E-state index in [0.29, 0.717) is 5.59 Å². The Bertz CT molecular complexity index is 594. The lowest BCUT2D eigenvalue weighted by Gasteiger charge is -2.32. The molecular formula is C14H18BN3O2. The van der Waals surface area contributed by atoms with Gasteiger partial charge in [0.25, 0.3) is 0 Å². The summed E-state index contributed by atoms with van der Waals surface area (Å²) < 4.78 is 12.1. The molecule has 1 aromatic carbocycles. The second-order valence-electron chi connectivity index (χ2n) is 6.01. The zero-order valence-corrected chi connectivity index (χ0v) is 12.2. The Hall–Kier alpha value is -1.66. The molecule has 0 spiro atoms. The molecule has 0 aliphatic carbocycles. The lowest BCUT2D eigenvalue weighted by molar-refractivity contribution is 0.00578. The second kappa shape index (κ2) is 4.43. The molecule has 1 aliphatic rings. The summed E-state index contributed by atoms with van der Waals surface area (Å²) in [6.45, 7) is 8.09. The van der Waals surface area contributed by atoms with Crippen molar-refractivity contribution >= 4 is 12.7 Å². The zero-order valence-electron chi connectivity index (χ0n) is 12.2. The van der Waals surface area contributed by atoms with Gasteiger partial charge in [0.05, 0.1) is 11.2 Å². The molecule has 5 nitrogen and oxygen atoms in total. The lowest BCUT2D eigenvalue weighted by Crippen LogP contribution is -2.41. The third-order valence-corrected chi connectivity index (χ3v) is 4.10. The van der Waals surface area contributed by atoms with Crippen molar-refractivity contribution in [3.05, 3.63) is 30.3 Å². The maximum atomic E-state index is 6.03. The van der Waals surface area contributed by atoms with Crippen LogP contribution in [0, 0.1) is 0 Å². The van der Waals surface area contributed by atoms with E-state index >= 15 is 0 Å². The smallest absolute Gasteiger partial charge is 0.398 e. The monoisotopic (exact) mass is 271 g/mol. The van der Waals surface area contributed by atoms with Gasteiger partial charge in [-0.05, 0) is 27.7 Å². The van der Waals surface area contributed by atoms with Gasteiger partial charge in [0.1, 0.15) is 11.3 Å². The van der Waals surface area contributed by atoms with Crippen LogP contribution in [0.4, 0.5) is 0 Å². The van der Waals surface area contributed by atoms with Crippen LogP contribution in [-0.4, -0.2) is 33.7 Å². The van der Waals surface area contributed by atoms with E-state index in [2.05, 4.69) is 15.4 Å². The first-order chi connectivity index (χ1) is 9.41. The number of benzene rings is 1. The standard InChI is InChI=1S/C14H18BN3O2/c1-13(2)14(3,4)20-15(19-13)12-11(16-18-17-12)10-8-6-5-7-9-10/h5-9H,1-4H3,(H,16,17,18). The number of hydrogen-bond acceptors (Lipinski definition) is 4. The summed E-state index contributed by atoms with van der Waals surface area (Å²) in [5, 5.41) is 11.1. The minimum absolute atomic E-state index is 0.384. The normalized spacial score (nSPS) is 20.3. The van der Waals surface area contributed by atoms with Gasteiger partial charge in [-0.3, -0.25) is 0 Å². The Kier molecular flexibility index (Phi) is 2.95. The van der Waals surface area contributed by atoms with E-state index in [4.69, 9.17) is 9.31 Å². The molecule has 0 amide bonds. The molecular weight excluding hydrogens is 253 g/mol. The number of nitrogens with zero attached hydrogens (tertiary/aromatic N) is 2. The van der Waals surface area contributed by atoms with Crippen molar-refractivity contribution in [2.24, 2.45) is 0 Å². The summed E-state index contributed by atoms with van der Waals surface area (Å²) in [5.74, 6) is 0. The fourth-order valence-corrected chi connectivity index (χ4v) is 2.17. The van der Waals surface area contributed by atoms with Crippen LogP contribution in [0.5, 0.6) is 0 Å². The van der Waals surface area contributed by atoms with Crippen LogP contribution in [0.25, 0.3) is 11.3 Å². The van der Waals surface area contributed by atoms with Crippen LogP contribution < -0.4 is 5.59 Å². The van der Waals surface area contributed by atoms with Gasteiger partial charge >= 0.3 is 7.12 Å². The Labute approximate surface area is 118 Å². The molecule has 6 heteroatoms. The van der Waals surface area contributed by atoms with Crippen LogP contribution in [0.3, 0.4) is 0 Å². The van der Waals surface area contributed by atoms with Crippen LogP contribution >= 0.6 is 0 Å². The van der Waals surface area contributed by atoms with Crippen LogP contribution in [0.1, 0.15) is 27.7 Å². The predicted octanol–water partition coefficient (Wildman–Crippen LogP) is 1.77. The SMILES string of the molecule is CC1(C)OB(c2n[nH]nc2-c2ccccc2)OC1(C)C. The summed E-state index contributed by atoms with van der Waals surface area (Å²) in [4.78, 5) is 0. The summed E-state index contributed by atoms with van der Waals surface area (Å²) in [6.07, 6.45) is 0. The highest BCUT2D eigenvalue weighted by Gasteiger charge is 2.53. The molecule has 0 atom stereocenters. The van der Waals surface area contributed by atoms with Crippen molar-refractivity contribution in [2.75, 3.05) is 0 Å². The number of aromatic nitrogens is 3. The fourth-order valence-electron chi connectivity index (χ4n) is 2.17. The maximum absolute atomic E-state index is 6.03. The van der Waals surface area contributed by atoms with Gasteiger partial charge in [0.15, 0.2) is 0 Å². The fraction of sp³-hybridized carbons (Fsp3) is 0.429. The molecule has 1 fully saturated rings. The third-order valence-electron chi connectivity index (χ3n) is 4.10. The predicted molar refractivity (Wildman–Crippen MR) is 77.5 cm³/mol. The minimum atomic E-state index is -0.506. The maximum Gasteiger partial charge on any atom is 0.518 e. The van der Waals surface area contributed by atoms with Gasteiger partial charge in [0.2, 0.25) is 0 Å². The van der Waals surface area contributed by atoms with Gasteiger partial charge in [-0.15, -0.1) is 0 Å². The second-order valence-corrected chi connectivity index (χ2v) is 6.01. The highest BCUT2D eigenvalue weighted by atomic mass is 16.7. The quantitative estimate of drug-likeness (QED) is 0.846. The molecule has 1 aromatic heterocycles. The van der Waals surface area contributed by atoms with E-state index in [9.17, 15) is 0 Å². The first-order valence-electron chi connectivity index (χ1n) is 6.72. The summed E-state index contributed by atoms with van der Waals surface area (Å²) in [7, 11) is -0.506. The van der Waals surface area contributed by atoms with E-state index in [1.54, 1.807) is 0 Å². The van der Waals surface area contributed by atoms with Crippen molar-refractivity contribution < 1.29 is 9.31 Å². The van der Waals surface area contributed by atoms with Gasteiger partial charge in [0, 0.05) is 5.56 Å². The van der Waals surface area contributed by atoms with Gasteiger partial charge < -0.3 is 9.31 Å². The van der Waals surface area contributed by atoms with Gasteiger partial charge in [-0.2, -0.15) is 15.4 Å². The Balaban J connectivity index is 1.96. The largest absolute Gasteiger partial charge is 0.518 e. The van der Waals surface area contributed by atoms with Crippen LogP contribution in [0.2, 0.25) is 0 Å². The first-order valence-corrected chi connectivity index (χ1v) is 6.72. The van der Waals surface area contributed by atoms with Crippen molar-refractivity contribution in [1.82, 2.24) is 15.4 Å². The van der Waals surface area contributed by atoms with Crippen molar-refractivity contribution in [1.29, 1.82) is 0 Å². The molecule has 1 saturated heterocycles. The van der Waals surface area contributed by atoms with Crippen molar-refractivity contribution in [3.8, 4) is 11.3 Å². The summed E-state index contributed by atoms with van der Waals surface area (Å²) in [5.41, 5.74) is 1.68. The molecule has 0 bridgehead atoms. The molecule has 20 heavy (non-hydrogen) atoms. The average Bonchev–Trinajstić information content (AvgIpc) is 2.94. The molecule has 3 rings (SSSR count). The first kappa shape index (κ1) is 13.3. The minimum Gasteiger partial charge on any atom is -0.398 e. The van der Waals surface area contributed by atoms with E-state index in [1.165, 1.54) is 0 Å². The summed E-state index contributed by atoms with van der Waals surface area (Å²) in [6, 6.07) is 9.90. The number of H-pyrrole nitrogens is 1. The van der Waals surface area contributed by atoms with E-state index in [-0.39, 0.29) is 11.2 Å². The van der Waals surface area contributed by atoms with Crippen molar-refractivity contribution in [3.63, 3.8) is 0 Å². The summed E-state index contributed by atoms with van der Waals surface area (Å²) >= 11 is 0.